The summed E-state index contributed by atoms with van der Waals surface area (Å²) >= 11 is 0. The molecule has 57 valence electrons. The van der Waals surface area contributed by atoms with Gasteiger partial charge in [-0.25, -0.2) is 0 Å². The summed E-state index contributed by atoms with van der Waals surface area (Å²) in [6.45, 7) is -0.139. The van der Waals surface area contributed by atoms with Gasteiger partial charge in [-0.1, -0.05) is 0 Å². The van der Waals surface area contributed by atoms with Crippen LogP contribution in [-0.2, 0) is 9.68 Å². The van der Waals surface area contributed by atoms with Crippen molar-refractivity contribution in [3.8, 4) is 0 Å². The Morgan fingerprint density at radius 3 is 2.70 bits per heavy atom. The number of hydrogen-bond acceptors (Lipinski definition) is 3. The fraction of sp³-hybridized carbons (Fsp3) is 0.500. The average molecular weight is 154 g/mol. The third-order valence-electron chi connectivity index (χ3n) is 0.679. The molecule has 0 saturated carbocycles. The molecule has 0 bridgehead atoms. The number of halogens is 3. The highest BCUT2D eigenvalue weighted by atomic mass is 19.4. The van der Waals surface area contributed by atoms with Gasteiger partial charge in [0.1, 0.15) is 6.26 Å². The summed E-state index contributed by atoms with van der Waals surface area (Å²) in [6, 6.07) is 0. The molecule has 0 aromatic heterocycles. The Labute approximate surface area is 54.5 Å². The van der Waals surface area contributed by atoms with E-state index in [0.717, 1.165) is 6.26 Å². The van der Waals surface area contributed by atoms with Crippen LogP contribution < -0.4 is 0 Å². The van der Waals surface area contributed by atoms with Crippen LogP contribution in [0.25, 0.3) is 0 Å². The van der Waals surface area contributed by atoms with E-state index in [1.165, 1.54) is 0 Å². The topological polar surface area (TPSA) is 21.7 Å². The van der Waals surface area contributed by atoms with E-state index < -0.39 is 6.36 Å². The Balaban J connectivity index is 2.26. The molecule has 10 heavy (non-hydrogen) atoms. The second-order valence-corrected chi connectivity index (χ2v) is 1.46. The van der Waals surface area contributed by atoms with Gasteiger partial charge in [-0.3, -0.25) is 0 Å². The summed E-state index contributed by atoms with van der Waals surface area (Å²) in [4.78, 5) is 7.50. The lowest BCUT2D eigenvalue weighted by molar-refractivity contribution is -0.478. The molecule has 0 atom stereocenters. The number of alkyl halides is 3. The van der Waals surface area contributed by atoms with Crippen molar-refractivity contribution in [2.24, 2.45) is 0 Å². The van der Waals surface area contributed by atoms with E-state index in [1.807, 2.05) is 0 Å². The van der Waals surface area contributed by atoms with Crippen LogP contribution in [0.2, 0.25) is 0 Å². The van der Waals surface area contributed by atoms with E-state index in [-0.39, 0.29) is 11.8 Å². The predicted octanol–water partition coefficient (Wildman–Crippen LogP) is 1.00. The molecule has 0 N–H and O–H groups in total. The van der Waals surface area contributed by atoms with Gasteiger partial charge >= 0.3 is 6.36 Å². The van der Waals surface area contributed by atoms with E-state index in [0.29, 0.717) is 0 Å². The molecule has 0 amide bonds. The Bertz CT molecular complexity index is 136. The summed E-state index contributed by atoms with van der Waals surface area (Å²) in [6.07, 6.45) is -1.35. The van der Waals surface area contributed by atoms with E-state index in [9.17, 15) is 13.2 Å². The van der Waals surface area contributed by atoms with Gasteiger partial charge < -0.3 is 4.84 Å². The molecule has 0 fully saturated rings. The number of nitrogens with zero attached hydrogens (tertiary/aromatic N) is 1. The Morgan fingerprint density at radius 2 is 2.30 bits per heavy atom. The first-order chi connectivity index (χ1) is 4.58. The molecule has 1 aliphatic heterocycles. The Morgan fingerprint density at radius 1 is 1.60 bits per heavy atom. The minimum Gasteiger partial charge on any atom is -0.387 e. The summed E-state index contributed by atoms with van der Waals surface area (Å²) in [5.74, 6) is 0. The van der Waals surface area contributed by atoms with Crippen molar-refractivity contribution in [1.82, 2.24) is 5.23 Å². The monoisotopic (exact) mass is 154 g/mol. The second-order valence-electron chi connectivity index (χ2n) is 1.46. The van der Waals surface area contributed by atoms with Gasteiger partial charge in [0.15, 0.2) is 0 Å². The highest BCUT2D eigenvalue weighted by Crippen LogP contribution is 2.19. The van der Waals surface area contributed by atoms with Crippen LogP contribution in [-0.4, -0.2) is 18.1 Å². The van der Waals surface area contributed by atoms with E-state index in [2.05, 4.69) is 15.8 Å². The molecular formula is C4H3F3NO2. The molecule has 0 saturated heterocycles. The lowest BCUT2D eigenvalue weighted by atomic mass is 10.7. The standard InChI is InChI=1S/C4H3F3NO2/c5-4(6,7)10-8-2-1-3-9-8/h3H,2H2. The Hall–Kier alpha value is -0.750. The van der Waals surface area contributed by atoms with Gasteiger partial charge in [-0.05, 0) is 5.23 Å². The smallest absolute Gasteiger partial charge is 0.387 e. The normalized spacial score (nSPS) is 19.5. The zero-order valence-electron chi connectivity index (χ0n) is 4.68. The van der Waals surface area contributed by atoms with Crippen molar-refractivity contribution in [3.63, 3.8) is 0 Å². The van der Waals surface area contributed by atoms with Gasteiger partial charge in [0.25, 0.3) is 0 Å². The van der Waals surface area contributed by atoms with Gasteiger partial charge in [0.2, 0.25) is 0 Å². The van der Waals surface area contributed by atoms with Gasteiger partial charge in [0, 0.05) is 6.08 Å². The zero-order valence-corrected chi connectivity index (χ0v) is 4.68. The lowest BCUT2D eigenvalue weighted by Crippen LogP contribution is -2.28. The van der Waals surface area contributed by atoms with Crippen molar-refractivity contribution < 1.29 is 22.8 Å². The van der Waals surface area contributed by atoms with Crippen molar-refractivity contribution in [2.45, 2.75) is 6.36 Å². The van der Waals surface area contributed by atoms with Crippen molar-refractivity contribution in [2.75, 3.05) is 6.54 Å². The van der Waals surface area contributed by atoms with Gasteiger partial charge in [-0.2, -0.15) is 4.84 Å². The van der Waals surface area contributed by atoms with E-state index >= 15 is 0 Å². The average Bonchev–Trinajstić information content (AvgIpc) is 2.12. The van der Waals surface area contributed by atoms with Gasteiger partial charge in [0.05, 0.1) is 6.54 Å². The maximum atomic E-state index is 11.3. The number of rotatable bonds is 1. The van der Waals surface area contributed by atoms with Crippen molar-refractivity contribution in [1.29, 1.82) is 0 Å². The third-order valence-corrected chi connectivity index (χ3v) is 0.679. The van der Waals surface area contributed by atoms with Gasteiger partial charge in [-0.15, -0.1) is 13.2 Å². The van der Waals surface area contributed by atoms with Crippen LogP contribution in [0.1, 0.15) is 0 Å². The Kier molecular flexibility index (Phi) is 1.82. The minimum atomic E-state index is -4.69. The summed E-state index contributed by atoms with van der Waals surface area (Å²) in [5.41, 5.74) is 0. The molecule has 1 heterocycles. The van der Waals surface area contributed by atoms with Crippen LogP contribution in [0.15, 0.2) is 6.26 Å². The molecule has 1 aliphatic rings. The van der Waals surface area contributed by atoms with Crippen LogP contribution in [0.3, 0.4) is 0 Å². The molecule has 3 nitrogen and oxygen atoms in total. The third kappa shape index (κ3) is 2.24. The van der Waals surface area contributed by atoms with Crippen LogP contribution in [0.4, 0.5) is 13.2 Å². The molecule has 0 spiro atoms. The quantitative estimate of drug-likeness (QED) is 0.562. The molecule has 6 heteroatoms. The number of hydrogen-bond donors (Lipinski definition) is 0. The maximum absolute atomic E-state index is 11.3. The predicted molar refractivity (Wildman–Crippen MR) is 22.7 cm³/mol. The first-order valence-corrected chi connectivity index (χ1v) is 2.33. The van der Waals surface area contributed by atoms with E-state index in [1.54, 1.807) is 0 Å². The van der Waals surface area contributed by atoms with Crippen LogP contribution in [0, 0.1) is 6.08 Å². The summed E-state index contributed by atoms with van der Waals surface area (Å²) in [5, 5.41) is 0.278. The highest BCUT2D eigenvalue weighted by molar-refractivity contribution is 4.68. The molecule has 1 radical (unpaired) electrons. The molecule has 0 unspecified atom stereocenters. The first kappa shape index (κ1) is 7.36. The molecule has 0 aromatic carbocycles. The van der Waals surface area contributed by atoms with Crippen molar-refractivity contribution in [3.05, 3.63) is 12.3 Å². The summed E-state index contributed by atoms with van der Waals surface area (Å²) < 4.78 is 34.0. The fourth-order valence-corrected chi connectivity index (χ4v) is 0.414. The van der Waals surface area contributed by atoms with E-state index in [4.69, 9.17) is 0 Å². The first-order valence-electron chi connectivity index (χ1n) is 2.33. The molecule has 0 aliphatic carbocycles. The number of hydroxylamine groups is 2. The fourth-order valence-electron chi connectivity index (χ4n) is 0.414. The zero-order chi connectivity index (χ0) is 7.61. The van der Waals surface area contributed by atoms with Crippen LogP contribution in [0.5, 0.6) is 0 Å². The minimum absolute atomic E-state index is 0.139. The largest absolute Gasteiger partial charge is 0.541 e. The molecular weight excluding hydrogens is 151 g/mol. The lowest BCUT2D eigenvalue weighted by Gasteiger charge is -2.14. The van der Waals surface area contributed by atoms with Crippen molar-refractivity contribution >= 4 is 0 Å². The molecule has 0 aromatic rings. The SMILES string of the molecule is FC(F)(F)ON1C[C]=CO1. The highest BCUT2D eigenvalue weighted by Gasteiger charge is 2.34. The summed E-state index contributed by atoms with van der Waals surface area (Å²) in [7, 11) is 0. The maximum Gasteiger partial charge on any atom is 0.541 e. The second kappa shape index (κ2) is 2.47. The van der Waals surface area contributed by atoms with Crippen LogP contribution >= 0.6 is 0 Å². The molecule has 1 rings (SSSR count).